The van der Waals surface area contributed by atoms with Crippen LogP contribution < -0.4 is 10.9 Å². The van der Waals surface area contributed by atoms with Crippen LogP contribution in [0.4, 0.5) is 0 Å². The van der Waals surface area contributed by atoms with Crippen LogP contribution in [0.5, 0.6) is 0 Å². The number of fused-ring (bicyclic) bond motifs is 3. The van der Waals surface area contributed by atoms with Crippen LogP contribution >= 0.6 is 11.3 Å². The van der Waals surface area contributed by atoms with E-state index < -0.39 is 0 Å². The molecule has 2 heterocycles. The number of aromatic nitrogens is 2. The molecule has 3 aromatic rings. The van der Waals surface area contributed by atoms with E-state index in [2.05, 4.69) is 29.4 Å². The number of nitrogens with zero attached hydrogens (tertiary/aromatic N) is 1. The highest BCUT2D eigenvalue weighted by Crippen LogP contribution is 2.33. The zero-order valence-electron chi connectivity index (χ0n) is 13.8. The minimum absolute atomic E-state index is 0.0172. The topological polar surface area (TPSA) is 57.8 Å². The lowest BCUT2D eigenvalue weighted by Gasteiger charge is -2.13. The monoisotopic (exact) mass is 339 g/mol. The fourth-order valence-corrected chi connectivity index (χ4v) is 4.68. The Balaban J connectivity index is 1.58. The van der Waals surface area contributed by atoms with Gasteiger partial charge in [-0.3, -0.25) is 4.79 Å². The average molecular weight is 339 g/mol. The average Bonchev–Trinajstić information content (AvgIpc) is 2.99. The second-order valence-electron chi connectivity index (χ2n) is 6.42. The summed E-state index contributed by atoms with van der Waals surface area (Å²) in [7, 11) is 0. The van der Waals surface area contributed by atoms with E-state index in [4.69, 9.17) is 4.98 Å². The van der Waals surface area contributed by atoms with Crippen LogP contribution in [-0.4, -0.2) is 9.97 Å². The molecule has 0 bridgehead atoms. The molecule has 5 heteroatoms. The molecule has 0 saturated heterocycles. The van der Waals surface area contributed by atoms with Gasteiger partial charge in [0.1, 0.15) is 10.7 Å². The first-order valence-electron chi connectivity index (χ1n) is 8.54. The van der Waals surface area contributed by atoms with Gasteiger partial charge >= 0.3 is 0 Å². The lowest BCUT2D eigenvalue weighted by molar-refractivity contribution is 0.559. The number of rotatable bonds is 4. The predicted octanol–water partition coefficient (Wildman–Crippen LogP) is 3.71. The molecule has 1 atom stereocenters. The SMILES string of the molecule is CC(NCc1nc2sc3c(c2c(=O)[nH]1)CCCC3)c1ccccc1. The number of H-pyrrole nitrogens is 1. The van der Waals surface area contributed by atoms with Gasteiger partial charge in [-0.25, -0.2) is 4.98 Å². The summed E-state index contributed by atoms with van der Waals surface area (Å²) in [6.45, 7) is 2.68. The van der Waals surface area contributed by atoms with Crippen LogP contribution in [0, 0.1) is 0 Å². The number of hydrogen-bond acceptors (Lipinski definition) is 4. The molecule has 1 aliphatic carbocycles. The van der Waals surface area contributed by atoms with E-state index in [0.29, 0.717) is 12.4 Å². The van der Waals surface area contributed by atoms with Crippen molar-refractivity contribution in [1.82, 2.24) is 15.3 Å². The van der Waals surface area contributed by atoms with Gasteiger partial charge in [-0.05, 0) is 43.7 Å². The Morgan fingerprint density at radius 3 is 2.88 bits per heavy atom. The third-order valence-electron chi connectivity index (χ3n) is 4.75. The van der Waals surface area contributed by atoms with Gasteiger partial charge in [0.15, 0.2) is 0 Å². The number of aromatic amines is 1. The Hall–Kier alpha value is -1.98. The number of aryl methyl sites for hydroxylation is 2. The van der Waals surface area contributed by atoms with E-state index in [1.165, 1.54) is 28.8 Å². The van der Waals surface area contributed by atoms with Crippen LogP contribution in [-0.2, 0) is 19.4 Å². The lowest BCUT2D eigenvalue weighted by atomic mass is 9.97. The first-order valence-corrected chi connectivity index (χ1v) is 9.36. The van der Waals surface area contributed by atoms with Crippen LogP contribution in [0.25, 0.3) is 10.2 Å². The first kappa shape index (κ1) is 15.5. The van der Waals surface area contributed by atoms with E-state index in [-0.39, 0.29) is 11.6 Å². The normalized spacial score (nSPS) is 15.4. The fourth-order valence-electron chi connectivity index (χ4n) is 3.40. The third kappa shape index (κ3) is 2.89. The van der Waals surface area contributed by atoms with E-state index in [9.17, 15) is 4.79 Å². The van der Waals surface area contributed by atoms with Gasteiger partial charge in [0.2, 0.25) is 0 Å². The van der Waals surface area contributed by atoms with E-state index >= 15 is 0 Å². The van der Waals surface area contributed by atoms with Gasteiger partial charge in [0.05, 0.1) is 11.9 Å². The summed E-state index contributed by atoms with van der Waals surface area (Å²) < 4.78 is 0. The van der Waals surface area contributed by atoms with Crippen molar-refractivity contribution in [3.8, 4) is 0 Å². The van der Waals surface area contributed by atoms with Crippen molar-refractivity contribution >= 4 is 21.6 Å². The Bertz CT molecular complexity index is 914. The molecule has 0 spiro atoms. The minimum atomic E-state index is 0.0172. The number of benzene rings is 1. The largest absolute Gasteiger partial charge is 0.309 e. The molecule has 1 aliphatic rings. The van der Waals surface area contributed by atoms with Crippen molar-refractivity contribution in [1.29, 1.82) is 0 Å². The van der Waals surface area contributed by atoms with E-state index in [1.54, 1.807) is 11.3 Å². The van der Waals surface area contributed by atoms with Crippen molar-refractivity contribution in [3.05, 3.63) is 62.5 Å². The summed E-state index contributed by atoms with van der Waals surface area (Å²) in [5, 5.41) is 4.27. The van der Waals surface area contributed by atoms with Gasteiger partial charge < -0.3 is 10.3 Å². The first-order chi connectivity index (χ1) is 11.7. The molecule has 0 saturated carbocycles. The molecule has 1 aromatic carbocycles. The smallest absolute Gasteiger partial charge is 0.259 e. The highest BCUT2D eigenvalue weighted by atomic mass is 32.1. The molecule has 0 aliphatic heterocycles. The highest BCUT2D eigenvalue weighted by molar-refractivity contribution is 7.18. The Kier molecular flexibility index (Phi) is 4.21. The summed E-state index contributed by atoms with van der Waals surface area (Å²) in [6, 6.07) is 10.5. The summed E-state index contributed by atoms with van der Waals surface area (Å²) in [4.78, 5) is 22.5. The van der Waals surface area contributed by atoms with Crippen LogP contribution in [0.15, 0.2) is 35.1 Å². The summed E-state index contributed by atoms with van der Waals surface area (Å²) in [6.07, 6.45) is 4.51. The lowest BCUT2D eigenvalue weighted by Crippen LogP contribution is -2.22. The Morgan fingerprint density at radius 1 is 1.25 bits per heavy atom. The molecular weight excluding hydrogens is 318 g/mol. The van der Waals surface area contributed by atoms with Crippen LogP contribution in [0.1, 0.15) is 47.6 Å². The number of thiophene rings is 1. The second kappa shape index (κ2) is 6.49. The van der Waals surface area contributed by atoms with Gasteiger partial charge in [0.25, 0.3) is 5.56 Å². The summed E-state index contributed by atoms with van der Waals surface area (Å²) >= 11 is 1.70. The van der Waals surface area contributed by atoms with E-state index in [0.717, 1.165) is 23.1 Å². The van der Waals surface area contributed by atoms with Crippen molar-refractivity contribution in [2.24, 2.45) is 0 Å². The van der Waals surface area contributed by atoms with Gasteiger partial charge in [0, 0.05) is 10.9 Å². The molecule has 0 radical (unpaired) electrons. The molecule has 2 N–H and O–H groups in total. The molecule has 0 amide bonds. The quantitative estimate of drug-likeness (QED) is 0.762. The van der Waals surface area contributed by atoms with Crippen molar-refractivity contribution in [2.45, 2.75) is 45.2 Å². The molecule has 4 nitrogen and oxygen atoms in total. The van der Waals surface area contributed by atoms with Gasteiger partial charge in [-0.2, -0.15) is 0 Å². The molecule has 0 fully saturated rings. The zero-order valence-corrected chi connectivity index (χ0v) is 14.6. The zero-order chi connectivity index (χ0) is 16.5. The third-order valence-corrected chi connectivity index (χ3v) is 5.94. The Labute approximate surface area is 145 Å². The highest BCUT2D eigenvalue weighted by Gasteiger charge is 2.19. The second-order valence-corrected chi connectivity index (χ2v) is 7.50. The summed E-state index contributed by atoms with van der Waals surface area (Å²) in [5.41, 5.74) is 2.49. The molecule has 1 unspecified atom stereocenters. The molecule has 2 aromatic heterocycles. The summed E-state index contributed by atoms with van der Waals surface area (Å²) in [5.74, 6) is 0.717. The molecule has 4 rings (SSSR count). The van der Waals surface area contributed by atoms with E-state index in [1.807, 2.05) is 18.2 Å². The van der Waals surface area contributed by atoms with Crippen LogP contribution in [0.2, 0.25) is 0 Å². The number of hydrogen-bond donors (Lipinski definition) is 2. The maximum Gasteiger partial charge on any atom is 0.259 e. The fraction of sp³-hybridized carbons (Fsp3) is 0.368. The van der Waals surface area contributed by atoms with Crippen molar-refractivity contribution in [3.63, 3.8) is 0 Å². The number of nitrogens with one attached hydrogen (secondary N) is 2. The molecule has 124 valence electrons. The maximum absolute atomic E-state index is 12.5. The molecular formula is C19H21N3OS. The van der Waals surface area contributed by atoms with Crippen LogP contribution in [0.3, 0.4) is 0 Å². The van der Waals surface area contributed by atoms with Gasteiger partial charge in [-0.15, -0.1) is 11.3 Å². The Morgan fingerprint density at radius 2 is 2.04 bits per heavy atom. The van der Waals surface area contributed by atoms with Gasteiger partial charge in [-0.1, -0.05) is 30.3 Å². The minimum Gasteiger partial charge on any atom is -0.309 e. The standard InChI is InChI=1S/C19H21N3OS/c1-12(13-7-3-2-4-8-13)20-11-16-21-18(23)17-14-9-5-6-10-15(14)24-19(17)22-16/h2-4,7-8,12,20H,5-6,9-11H2,1H3,(H,21,22,23). The predicted molar refractivity (Wildman–Crippen MR) is 98.6 cm³/mol. The molecule has 24 heavy (non-hydrogen) atoms. The maximum atomic E-state index is 12.5. The van der Waals surface area contributed by atoms with Crippen molar-refractivity contribution < 1.29 is 0 Å². The van der Waals surface area contributed by atoms with Crippen molar-refractivity contribution in [2.75, 3.05) is 0 Å².